The number of nitrogens with zero attached hydrogens (tertiary/aromatic N) is 1. The quantitative estimate of drug-likeness (QED) is 0.814. The molecule has 1 aromatic carbocycles. The molecule has 0 amide bonds. The second-order valence-electron chi connectivity index (χ2n) is 6.69. The molecule has 0 fully saturated rings. The number of pyridine rings is 1. The van der Waals surface area contributed by atoms with Crippen molar-refractivity contribution in [2.45, 2.75) is 51.3 Å². The summed E-state index contributed by atoms with van der Waals surface area (Å²) in [7, 11) is -3.71. The van der Waals surface area contributed by atoms with Crippen molar-refractivity contribution in [2.75, 3.05) is 6.61 Å². The lowest BCUT2D eigenvalue weighted by Gasteiger charge is -2.16. The molecule has 0 atom stereocenters. The van der Waals surface area contributed by atoms with E-state index in [0.717, 1.165) is 16.8 Å². The highest BCUT2D eigenvalue weighted by atomic mass is 32.2. The molecule has 0 N–H and O–H groups in total. The van der Waals surface area contributed by atoms with Gasteiger partial charge < -0.3 is 4.74 Å². The zero-order chi connectivity index (χ0) is 18.1. The maximum atomic E-state index is 13.3. The van der Waals surface area contributed by atoms with Crippen LogP contribution in [0, 0.1) is 33.6 Å². The van der Waals surface area contributed by atoms with Crippen LogP contribution in [-0.4, -0.2) is 20.0 Å². The van der Waals surface area contributed by atoms with Crippen LogP contribution in [-0.2, 0) is 9.84 Å². The molecule has 0 saturated heterocycles. The van der Waals surface area contributed by atoms with Gasteiger partial charge in [0.25, 0.3) is 0 Å². The third kappa shape index (κ3) is 3.78. The number of rotatable bonds is 5. The summed E-state index contributed by atoms with van der Waals surface area (Å²) in [6, 6.07) is 7.22. The minimum Gasteiger partial charge on any atom is -0.476 e. The van der Waals surface area contributed by atoms with Gasteiger partial charge in [-0.15, -0.1) is 0 Å². The van der Waals surface area contributed by atoms with Gasteiger partial charge in [-0.25, -0.2) is 13.4 Å². The SMILES string of the molecule is Cc1ccc(C)c(S(=O)(=O)c2c(C)cc(C)nc2OCC(C)C)c1. The van der Waals surface area contributed by atoms with E-state index in [1.54, 1.807) is 26.0 Å². The maximum Gasteiger partial charge on any atom is 0.233 e. The van der Waals surface area contributed by atoms with E-state index in [9.17, 15) is 8.42 Å². The summed E-state index contributed by atoms with van der Waals surface area (Å²) in [6.45, 7) is 11.8. The van der Waals surface area contributed by atoms with Crippen molar-refractivity contribution in [3.05, 3.63) is 46.6 Å². The zero-order valence-corrected chi connectivity index (χ0v) is 16.0. The van der Waals surface area contributed by atoms with Gasteiger partial charge in [-0.1, -0.05) is 26.0 Å². The Labute approximate surface area is 144 Å². The summed E-state index contributed by atoms with van der Waals surface area (Å²) < 4.78 is 32.3. The first-order valence-corrected chi connectivity index (χ1v) is 9.54. The molecule has 0 radical (unpaired) electrons. The molecule has 0 unspecified atom stereocenters. The fourth-order valence-corrected chi connectivity index (χ4v) is 4.44. The molecule has 0 aliphatic heterocycles. The lowest BCUT2D eigenvalue weighted by molar-refractivity contribution is 0.253. The Morgan fingerprint density at radius 2 is 1.71 bits per heavy atom. The number of ether oxygens (including phenoxy) is 1. The second-order valence-corrected chi connectivity index (χ2v) is 8.55. The van der Waals surface area contributed by atoms with Crippen molar-refractivity contribution < 1.29 is 13.2 Å². The smallest absolute Gasteiger partial charge is 0.233 e. The molecule has 1 aromatic heterocycles. The van der Waals surface area contributed by atoms with Crippen LogP contribution >= 0.6 is 0 Å². The van der Waals surface area contributed by atoms with Crippen LogP contribution in [0.3, 0.4) is 0 Å². The minimum atomic E-state index is -3.71. The first-order valence-electron chi connectivity index (χ1n) is 8.06. The summed E-state index contributed by atoms with van der Waals surface area (Å²) in [5.41, 5.74) is 3.02. The van der Waals surface area contributed by atoms with E-state index in [4.69, 9.17) is 4.74 Å². The van der Waals surface area contributed by atoms with Crippen LogP contribution in [0.4, 0.5) is 0 Å². The van der Waals surface area contributed by atoms with Gasteiger partial charge in [0.1, 0.15) is 4.90 Å². The predicted octanol–water partition coefficient (Wildman–Crippen LogP) is 4.18. The van der Waals surface area contributed by atoms with E-state index in [2.05, 4.69) is 4.98 Å². The number of aryl methyl sites for hydroxylation is 4. The fourth-order valence-electron chi connectivity index (χ4n) is 2.57. The molecule has 0 spiro atoms. The van der Waals surface area contributed by atoms with Crippen molar-refractivity contribution in [2.24, 2.45) is 5.92 Å². The van der Waals surface area contributed by atoms with Crippen LogP contribution in [0.25, 0.3) is 0 Å². The van der Waals surface area contributed by atoms with Crippen LogP contribution in [0.15, 0.2) is 34.1 Å². The average Bonchev–Trinajstić information content (AvgIpc) is 2.46. The fraction of sp³-hybridized carbons (Fsp3) is 0.421. The Balaban J connectivity index is 2.67. The molecule has 0 aliphatic carbocycles. The topological polar surface area (TPSA) is 56.3 Å². The predicted molar refractivity (Wildman–Crippen MR) is 95.4 cm³/mol. The molecule has 0 bridgehead atoms. The summed E-state index contributed by atoms with van der Waals surface area (Å²) >= 11 is 0. The molecule has 2 aromatic rings. The summed E-state index contributed by atoms with van der Waals surface area (Å²) in [5.74, 6) is 0.478. The second kappa shape index (κ2) is 6.93. The number of sulfone groups is 1. The van der Waals surface area contributed by atoms with Gasteiger partial charge in [-0.3, -0.25) is 0 Å². The van der Waals surface area contributed by atoms with Crippen molar-refractivity contribution in [3.8, 4) is 5.88 Å². The van der Waals surface area contributed by atoms with Gasteiger partial charge >= 0.3 is 0 Å². The van der Waals surface area contributed by atoms with Gasteiger partial charge in [0.05, 0.1) is 11.5 Å². The van der Waals surface area contributed by atoms with Crippen molar-refractivity contribution >= 4 is 9.84 Å². The lowest BCUT2D eigenvalue weighted by atomic mass is 10.2. The first kappa shape index (κ1) is 18.5. The van der Waals surface area contributed by atoms with Crippen molar-refractivity contribution in [1.29, 1.82) is 0 Å². The van der Waals surface area contributed by atoms with Gasteiger partial charge in [-0.2, -0.15) is 0 Å². The molecule has 130 valence electrons. The Morgan fingerprint density at radius 3 is 2.33 bits per heavy atom. The summed E-state index contributed by atoms with van der Waals surface area (Å²) in [4.78, 5) is 4.83. The van der Waals surface area contributed by atoms with E-state index < -0.39 is 9.84 Å². The highest BCUT2D eigenvalue weighted by Crippen LogP contribution is 2.33. The summed E-state index contributed by atoms with van der Waals surface area (Å²) in [6.07, 6.45) is 0. The van der Waals surface area contributed by atoms with Crippen LogP contribution in [0.5, 0.6) is 5.88 Å². The number of aromatic nitrogens is 1. The van der Waals surface area contributed by atoms with E-state index in [0.29, 0.717) is 17.1 Å². The average molecular weight is 347 g/mol. The maximum absolute atomic E-state index is 13.3. The molecular formula is C19H25NO3S. The van der Waals surface area contributed by atoms with Gasteiger partial charge in [0.2, 0.25) is 15.7 Å². The normalized spacial score (nSPS) is 11.8. The highest BCUT2D eigenvalue weighted by molar-refractivity contribution is 7.91. The molecule has 5 heteroatoms. The summed E-state index contributed by atoms with van der Waals surface area (Å²) in [5, 5.41) is 0. The molecule has 24 heavy (non-hydrogen) atoms. The number of hydrogen-bond donors (Lipinski definition) is 0. The molecule has 0 saturated carbocycles. The third-order valence-corrected chi connectivity index (χ3v) is 5.76. The van der Waals surface area contributed by atoms with Gasteiger partial charge in [0.15, 0.2) is 0 Å². The minimum absolute atomic E-state index is 0.169. The molecular weight excluding hydrogens is 322 g/mol. The van der Waals surface area contributed by atoms with Crippen molar-refractivity contribution in [1.82, 2.24) is 4.98 Å². The molecule has 1 heterocycles. The molecule has 4 nitrogen and oxygen atoms in total. The van der Waals surface area contributed by atoms with E-state index in [1.807, 2.05) is 39.8 Å². The van der Waals surface area contributed by atoms with Gasteiger partial charge in [-0.05, 0) is 62.4 Å². The standard InChI is InChI=1S/C19H25NO3S/c1-12(2)11-23-19-18(15(5)10-16(6)20-19)24(21,22)17-9-13(3)7-8-14(17)4/h7-10,12H,11H2,1-6H3. The Bertz CT molecular complexity index is 855. The highest BCUT2D eigenvalue weighted by Gasteiger charge is 2.28. The van der Waals surface area contributed by atoms with Crippen molar-refractivity contribution in [3.63, 3.8) is 0 Å². The Hall–Kier alpha value is -1.88. The van der Waals surface area contributed by atoms with Crippen LogP contribution in [0.2, 0.25) is 0 Å². The first-order chi connectivity index (χ1) is 11.1. The lowest BCUT2D eigenvalue weighted by Crippen LogP contribution is -2.13. The number of hydrogen-bond acceptors (Lipinski definition) is 4. The Morgan fingerprint density at radius 1 is 1.04 bits per heavy atom. The molecule has 0 aliphatic rings. The Kier molecular flexibility index (Phi) is 5.33. The van der Waals surface area contributed by atoms with Crippen LogP contribution in [0.1, 0.15) is 36.2 Å². The zero-order valence-electron chi connectivity index (χ0n) is 15.2. The van der Waals surface area contributed by atoms with E-state index >= 15 is 0 Å². The number of benzene rings is 1. The molecule has 2 rings (SSSR count). The van der Waals surface area contributed by atoms with E-state index in [-0.39, 0.29) is 16.7 Å². The monoisotopic (exact) mass is 347 g/mol. The largest absolute Gasteiger partial charge is 0.476 e. The van der Waals surface area contributed by atoms with Gasteiger partial charge in [0, 0.05) is 5.69 Å². The van der Waals surface area contributed by atoms with Crippen LogP contribution < -0.4 is 4.74 Å². The third-order valence-electron chi connectivity index (χ3n) is 3.71. The van der Waals surface area contributed by atoms with E-state index in [1.165, 1.54) is 0 Å².